The molecular weight excluding hydrogens is 318 g/mol. The van der Waals surface area contributed by atoms with Gasteiger partial charge in [-0.1, -0.05) is 30.3 Å². The van der Waals surface area contributed by atoms with Crippen molar-refractivity contribution in [3.8, 4) is 0 Å². The molecule has 1 aliphatic heterocycles. The smallest absolute Gasteiger partial charge is 0.335 e. The van der Waals surface area contributed by atoms with Crippen molar-refractivity contribution in [1.82, 2.24) is 4.90 Å². The summed E-state index contributed by atoms with van der Waals surface area (Å²) in [5, 5.41) is 9.25. The van der Waals surface area contributed by atoms with Gasteiger partial charge in [-0.25, -0.2) is 4.79 Å². The van der Waals surface area contributed by atoms with Crippen LogP contribution < -0.4 is 0 Å². The molecule has 0 aromatic heterocycles. The monoisotopic (exact) mass is 339 g/mol. The standard InChI is InChI=1S/C20H21NO4/c1-13-8-16(10-17(9-13)20(23)24)19(22)21-11-14(2)25-12-18(21)15-6-4-3-5-7-15/h3-10,14,18H,11-12H2,1-2H3,(H,23,24). The molecule has 5 nitrogen and oxygen atoms in total. The predicted octanol–water partition coefficient (Wildman–Crippen LogP) is 3.30. The molecule has 5 heteroatoms. The summed E-state index contributed by atoms with van der Waals surface area (Å²) in [7, 11) is 0. The molecule has 0 radical (unpaired) electrons. The second kappa shape index (κ2) is 7.07. The van der Waals surface area contributed by atoms with Crippen LogP contribution in [0.5, 0.6) is 0 Å². The van der Waals surface area contributed by atoms with Crippen LogP contribution in [-0.4, -0.2) is 41.1 Å². The molecule has 130 valence electrons. The Labute approximate surface area is 146 Å². The van der Waals surface area contributed by atoms with Gasteiger partial charge in [0.05, 0.1) is 24.3 Å². The van der Waals surface area contributed by atoms with E-state index in [1.54, 1.807) is 24.0 Å². The number of nitrogens with zero attached hydrogens (tertiary/aromatic N) is 1. The molecule has 25 heavy (non-hydrogen) atoms. The normalized spacial score (nSPS) is 20.3. The maximum absolute atomic E-state index is 13.1. The molecule has 1 fully saturated rings. The first-order valence-electron chi connectivity index (χ1n) is 8.28. The predicted molar refractivity (Wildman–Crippen MR) is 93.8 cm³/mol. The lowest BCUT2D eigenvalue weighted by molar-refractivity contribution is -0.0447. The minimum Gasteiger partial charge on any atom is -0.478 e. The third-order valence-corrected chi connectivity index (χ3v) is 4.39. The minimum atomic E-state index is -1.03. The van der Waals surface area contributed by atoms with Crippen LogP contribution in [-0.2, 0) is 4.74 Å². The Kier molecular flexibility index (Phi) is 4.86. The van der Waals surface area contributed by atoms with Gasteiger partial charge in [0.2, 0.25) is 0 Å². The van der Waals surface area contributed by atoms with Crippen LogP contribution in [0.25, 0.3) is 0 Å². The van der Waals surface area contributed by atoms with Crippen molar-refractivity contribution in [2.24, 2.45) is 0 Å². The van der Waals surface area contributed by atoms with Crippen LogP contribution in [0.1, 0.15) is 44.8 Å². The first kappa shape index (κ1) is 17.2. The number of aryl methyl sites for hydroxylation is 1. The molecule has 0 aliphatic carbocycles. The minimum absolute atomic E-state index is 0.0623. The summed E-state index contributed by atoms with van der Waals surface area (Å²) in [4.78, 5) is 26.2. The molecule has 2 unspecified atom stereocenters. The van der Waals surface area contributed by atoms with Crippen molar-refractivity contribution in [3.05, 3.63) is 70.8 Å². The largest absolute Gasteiger partial charge is 0.478 e. The molecule has 1 N–H and O–H groups in total. The van der Waals surface area contributed by atoms with E-state index in [1.165, 1.54) is 6.07 Å². The first-order chi connectivity index (χ1) is 12.0. The van der Waals surface area contributed by atoms with E-state index in [0.717, 1.165) is 11.1 Å². The highest BCUT2D eigenvalue weighted by molar-refractivity contribution is 5.98. The number of rotatable bonds is 3. The SMILES string of the molecule is Cc1cc(C(=O)O)cc(C(=O)N2CC(C)OCC2c2ccccc2)c1. The molecule has 1 aliphatic rings. The van der Waals surface area contributed by atoms with Gasteiger partial charge in [0.25, 0.3) is 5.91 Å². The van der Waals surface area contributed by atoms with Gasteiger partial charge >= 0.3 is 5.97 Å². The number of carboxylic acids is 1. The number of carboxylic acid groups (broad SMARTS) is 1. The summed E-state index contributed by atoms with van der Waals surface area (Å²) in [5.74, 6) is -1.21. The van der Waals surface area contributed by atoms with Gasteiger partial charge in [0, 0.05) is 12.1 Å². The van der Waals surface area contributed by atoms with Crippen LogP contribution >= 0.6 is 0 Å². The fourth-order valence-electron chi connectivity index (χ4n) is 3.17. The number of carbonyl (C=O) groups excluding carboxylic acids is 1. The summed E-state index contributed by atoms with van der Waals surface area (Å²) in [6.07, 6.45) is -0.0623. The second-order valence-corrected chi connectivity index (χ2v) is 6.42. The van der Waals surface area contributed by atoms with Gasteiger partial charge in [-0.15, -0.1) is 0 Å². The van der Waals surface area contributed by atoms with Crippen molar-refractivity contribution >= 4 is 11.9 Å². The number of hydrogen-bond donors (Lipinski definition) is 1. The lowest BCUT2D eigenvalue weighted by Crippen LogP contribution is -2.46. The number of morpholine rings is 1. The average molecular weight is 339 g/mol. The number of ether oxygens (including phenoxy) is 1. The zero-order valence-electron chi connectivity index (χ0n) is 14.3. The number of aromatic carboxylic acids is 1. The molecular formula is C20H21NO4. The lowest BCUT2D eigenvalue weighted by Gasteiger charge is -2.39. The van der Waals surface area contributed by atoms with Gasteiger partial charge in [0.1, 0.15) is 0 Å². The highest BCUT2D eigenvalue weighted by Gasteiger charge is 2.32. The molecule has 0 spiro atoms. The topological polar surface area (TPSA) is 66.8 Å². The third-order valence-electron chi connectivity index (χ3n) is 4.39. The maximum Gasteiger partial charge on any atom is 0.335 e. The fraction of sp³-hybridized carbons (Fsp3) is 0.300. The molecule has 3 rings (SSSR count). The van der Waals surface area contributed by atoms with Gasteiger partial charge in [-0.2, -0.15) is 0 Å². The van der Waals surface area contributed by atoms with Crippen molar-refractivity contribution in [2.75, 3.05) is 13.2 Å². The van der Waals surface area contributed by atoms with Crippen molar-refractivity contribution in [1.29, 1.82) is 0 Å². The van der Waals surface area contributed by atoms with E-state index >= 15 is 0 Å². The molecule has 2 atom stereocenters. The lowest BCUT2D eigenvalue weighted by atomic mass is 10.0. The second-order valence-electron chi connectivity index (χ2n) is 6.42. The van der Waals surface area contributed by atoms with E-state index in [9.17, 15) is 14.7 Å². The molecule has 2 aromatic rings. The van der Waals surface area contributed by atoms with E-state index in [-0.39, 0.29) is 23.6 Å². The van der Waals surface area contributed by atoms with Gasteiger partial charge < -0.3 is 14.7 Å². The van der Waals surface area contributed by atoms with E-state index in [0.29, 0.717) is 18.7 Å². The quantitative estimate of drug-likeness (QED) is 0.932. The van der Waals surface area contributed by atoms with E-state index < -0.39 is 5.97 Å². The molecule has 1 heterocycles. The molecule has 1 saturated heterocycles. The van der Waals surface area contributed by atoms with Crippen molar-refractivity contribution in [3.63, 3.8) is 0 Å². The van der Waals surface area contributed by atoms with Crippen molar-refractivity contribution in [2.45, 2.75) is 26.0 Å². The molecule has 1 amide bonds. The van der Waals surface area contributed by atoms with E-state index in [1.807, 2.05) is 37.3 Å². The number of carbonyl (C=O) groups is 2. The fourth-order valence-corrected chi connectivity index (χ4v) is 3.17. The van der Waals surface area contributed by atoms with E-state index in [2.05, 4.69) is 0 Å². The van der Waals surface area contributed by atoms with Crippen molar-refractivity contribution < 1.29 is 19.4 Å². The summed E-state index contributed by atoms with van der Waals surface area (Å²) in [6, 6.07) is 14.3. The Morgan fingerprint density at radius 3 is 2.48 bits per heavy atom. The molecule has 0 saturated carbocycles. The number of amides is 1. The van der Waals surface area contributed by atoms with Crippen LogP contribution in [0, 0.1) is 6.92 Å². The Bertz CT molecular complexity index is 788. The summed E-state index contributed by atoms with van der Waals surface area (Å²) in [6.45, 7) is 4.61. The first-order valence-corrected chi connectivity index (χ1v) is 8.28. The van der Waals surface area contributed by atoms with Crippen LogP contribution in [0.3, 0.4) is 0 Å². The summed E-state index contributed by atoms with van der Waals surface area (Å²) >= 11 is 0. The van der Waals surface area contributed by atoms with Crippen LogP contribution in [0.4, 0.5) is 0 Å². The Hall–Kier alpha value is -2.66. The number of benzene rings is 2. The van der Waals surface area contributed by atoms with Crippen LogP contribution in [0.2, 0.25) is 0 Å². The van der Waals surface area contributed by atoms with E-state index in [4.69, 9.17) is 4.74 Å². The Morgan fingerprint density at radius 1 is 1.12 bits per heavy atom. The zero-order chi connectivity index (χ0) is 18.0. The molecule has 0 bridgehead atoms. The highest BCUT2D eigenvalue weighted by Crippen LogP contribution is 2.28. The van der Waals surface area contributed by atoms with Gasteiger partial charge in [-0.3, -0.25) is 4.79 Å². The number of hydrogen-bond acceptors (Lipinski definition) is 3. The zero-order valence-corrected chi connectivity index (χ0v) is 14.3. The maximum atomic E-state index is 13.1. The highest BCUT2D eigenvalue weighted by atomic mass is 16.5. The Morgan fingerprint density at radius 2 is 1.80 bits per heavy atom. The van der Waals surface area contributed by atoms with Gasteiger partial charge in [-0.05, 0) is 43.2 Å². The summed E-state index contributed by atoms with van der Waals surface area (Å²) < 4.78 is 5.76. The Balaban J connectivity index is 1.96. The van der Waals surface area contributed by atoms with Crippen LogP contribution in [0.15, 0.2) is 48.5 Å². The average Bonchev–Trinajstić information content (AvgIpc) is 2.61. The van der Waals surface area contributed by atoms with Gasteiger partial charge in [0.15, 0.2) is 0 Å². The summed E-state index contributed by atoms with van der Waals surface area (Å²) in [5.41, 5.74) is 2.28. The third kappa shape index (κ3) is 3.72. The molecule has 2 aromatic carbocycles.